The number of carbonyl (C=O) groups excluding carboxylic acids is 3. The first-order chi connectivity index (χ1) is 14.0. The Hall–Kier alpha value is -3.46. The lowest BCUT2D eigenvalue weighted by molar-refractivity contribution is -0.126. The van der Waals surface area contributed by atoms with Crippen molar-refractivity contribution in [2.24, 2.45) is 0 Å². The summed E-state index contributed by atoms with van der Waals surface area (Å²) in [7, 11) is 0. The largest absolute Gasteiger partial charge is 0.484 e. The Morgan fingerprint density at radius 3 is 2.10 bits per heavy atom. The van der Waals surface area contributed by atoms with E-state index in [4.69, 9.17) is 17.0 Å². The molecular weight excluding hydrogens is 392 g/mol. The summed E-state index contributed by atoms with van der Waals surface area (Å²) in [5.74, 6) is -0.587. The van der Waals surface area contributed by atoms with Gasteiger partial charge in [0.15, 0.2) is 11.7 Å². The number of benzene rings is 2. The monoisotopic (exact) mass is 414 g/mol. The second-order valence-corrected chi connectivity index (χ2v) is 6.32. The fraction of sp³-hybridized carbons (Fsp3) is 0.200. The van der Waals surface area contributed by atoms with Crippen molar-refractivity contribution in [1.82, 2.24) is 21.5 Å². The number of rotatable bonds is 8. The Balaban J connectivity index is 1.56. The average Bonchev–Trinajstić information content (AvgIpc) is 2.75. The van der Waals surface area contributed by atoms with Crippen molar-refractivity contribution in [1.29, 1.82) is 0 Å². The van der Waals surface area contributed by atoms with Gasteiger partial charge in [0.1, 0.15) is 5.75 Å². The maximum Gasteiger partial charge on any atom is 0.264 e. The van der Waals surface area contributed by atoms with Gasteiger partial charge < -0.3 is 10.1 Å². The molecule has 2 rings (SSSR count). The molecule has 0 bridgehead atoms. The molecule has 9 heteroatoms. The fourth-order valence-electron chi connectivity index (χ4n) is 2.16. The highest BCUT2D eigenvalue weighted by molar-refractivity contribution is 7.80. The number of para-hydroxylation sites is 1. The summed E-state index contributed by atoms with van der Waals surface area (Å²) < 4.78 is 5.28. The van der Waals surface area contributed by atoms with Gasteiger partial charge in [0.2, 0.25) is 11.8 Å². The van der Waals surface area contributed by atoms with Crippen molar-refractivity contribution >= 4 is 35.1 Å². The molecule has 0 saturated heterocycles. The molecule has 8 nitrogen and oxygen atoms in total. The van der Waals surface area contributed by atoms with E-state index in [-0.39, 0.29) is 30.5 Å². The summed E-state index contributed by atoms with van der Waals surface area (Å²) in [5, 5.41) is 5.03. The molecule has 4 N–H and O–H groups in total. The van der Waals surface area contributed by atoms with Gasteiger partial charge in [0.05, 0.1) is 0 Å². The lowest BCUT2D eigenvalue weighted by atomic mass is 10.2. The molecule has 0 spiro atoms. The van der Waals surface area contributed by atoms with Gasteiger partial charge in [-0.2, -0.15) is 0 Å². The Bertz CT molecular complexity index is 831. The highest BCUT2D eigenvalue weighted by Gasteiger charge is 2.09. The van der Waals surface area contributed by atoms with Crippen LogP contribution in [0.5, 0.6) is 5.75 Å². The molecule has 2 aromatic rings. The summed E-state index contributed by atoms with van der Waals surface area (Å²) in [5.41, 5.74) is 5.71. The maximum atomic E-state index is 11.8. The second kappa shape index (κ2) is 12.1. The number of hydrogen-bond acceptors (Lipinski definition) is 5. The second-order valence-electron chi connectivity index (χ2n) is 5.91. The smallest absolute Gasteiger partial charge is 0.264 e. The minimum atomic E-state index is -0.471. The number of ether oxygens (including phenoxy) is 1. The summed E-state index contributed by atoms with van der Waals surface area (Å²) in [6.07, 6.45) is 0.00564. The Morgan fingerprint density at radius 2 is 1.41 bits per heavy atom. The van der Waals surface area contributed by atoms with Crippen molar-refractivity contribution in [2.75, 3.05) is 6.61 Å². The lowest BCUT2D eigenvalue weighted by Gasteiger charge is -2.11. The molecule has 29 heavy (non-hydrogen) atoms. The van der Waals surface area contributed by atoms with E-state index in [1.165, 1.54) is 0 Å². The van der Waals surface area contributed by atoms with Crippen LogP contribution < -0.4 is 26.2 Å². The van der Waals surface area contributed by atoms with Gasteiger partial charge in [0, 0.05) is 19.4 Å². The molecule has 152 valence electrons. The first-order valence-corrected chi connectivity index (χ1v) is 9.31. The Labute approximate surface area is 174 Å². The molecule has 0 fully saturated rings. The molecule has 2 aromatic carbocycles. The van der Waals surface area contributed by atoms with E-state index < -0.39 is 11.8 Å². The molecule has 0 aromatic heterocycles. The normalized spacial score (nSPS) is 9.79. The van der Waals surface area contributed by atoms with Crippen LogP contribution in [-0.2, 0) is 20.9 Å². The third kappa shape index (κ3) is 9.34. The van der Waals surface area contributed by atoms with Crippen LogP contribution >= 0.6 is 12.2 Å². The molecule has 0 atom stereocenters. The van der Waals surface area contributed by atoms with Crippen LogP contribution in [0.25, 0.3) is 0 Å². The zero-order valence-corrected chi connectivity index (χ0v) is 16.5. The molecule has 0 heterocycles. The quantitative estimate of drug-likeness (QED) is 0.382. The van der Waals surface area contributed by atoms with E-state index in [1.54, 1.807) is 24.3 Å². The van der Waals surface area contributed by atoms with E-state index >= 15 is 0 Å². The molecule has 0 aliphatic heterocycles. The third-order valence-electron chi connectivity index (χ3n) is 3.59. The van der Waals surface area contributed by atoms with Gasteiger partial charge in [-0.15, -0.1) is 0 Å². The standard InChI is InChI=1S/C20H22N4O4S/c25-17(21-13-15-7-3-1-4-8-15)11-12-18(26)23-24-20(29)22-19(27)14-28-16-9-5-2-6-10-16/h1-10H,11-14H2,(H,21,25)(H,23,26)(H2,22,24,27,29). The number of amides is 3. The molecule has 0 saturated carbocycles. The Morgan fingerprint density at radius 1 is 0.793 bits per heavy atom. The SMILES string of the molecule is O=C(CCC(=O)NNC(=S)NC(=O)COc1ccccc1)NCc1ccccc1. The fourth-order valence-corrected chi connectivity index (χ4v) is 2.33. The predicted molar refractivity (Wildman–Crippen MR) is 111 cm³/mol. The van der Waals surface area contributed by atoms with Gasteiger partial charge in [-0.25, -0.2) is 0 Å². The van der Waals surface area contributed by atoms with Crippen molar-refractivity contribution in [3.8, 4) is 5.75 Å². The van der Waals surface area contributed by atoms with E-state index in [0.717, 1.165) is 5.56 Å². The molecule has 3 amide bonds. The van der Waals surface area contributed by atoms with Crippen molar-refractivity contribution in [2.45, 2.75) is 19.4 Å². The van der Waals surface area contributed by atoms with Crippen LogP contribution in [0.1, 0.15) is 18.4 Å². The number of thiocarbonyl (C=S) groups is 1. The van der Waals surface area contributed by atoms with Crippen LogP contribution in [0.4, 0.5) is 0 Å². The lowest BCUT2D eigenvalue weighted by Crippen LogP contribution is -2.49. The topological polar surface area (TPSA) is 109 Å². The van der Waals surface area contributed by atoms with Gasteiger partial charge in [-0.1, -0.05) is 48.5 Å². The zero-order valence-electron chi connectivity index (χ0n) is 15.6. The van der Waals surface area contributed by atoms with Crippen LogP contribution in [0.2, 0.25) is 0 Å². The molecule has 0 aliphatic rings. The van der Waals surface area contributed by atoms with E-state index in [2.05, 4.69) is 21.5 Å². The summed E-state index contributed by atoms with van der Waals surface area (Å²) >= 11 is 4.92. The van der Waals surface area contributed by atoms with Crippen LogP contribution in [0.15, 0.2) is 60.7 Å². The van der Waals surface area contributed by atoms with Gasteiger partial charge >= 0.3 is 0 Å². The summed E-state index contributed by atoms with van der Waals surface area (Å²) in [6, 6.07) is 18.3. The van der Waals surface area contributed by atoms with Gasteiger partial charge in [0.25, 0.3) is 5.91 Å². The van der Waals surface area contributed by atoms with Crippen molar-refractivity contribution in [3.63, 3.8) is 0 Å². The van der Waals surface area contributed by atoms with Crippen LogP contribution in [0, 0.1) is 0 Å². The number of carbonyl (C=O) groups is 3. The minimum Gasteiger partial charge on any atom is -0.484 e. The van der Waals surface area contributed by atoms with E-state index in [0.29, 0.717) is 12.3 Å². The zero-order chi connectivity index (χ0) is 20.9. The van der Waals surface area contributed by atoms with Gasteiger partial charge in [-0.05, 0) is 29.9 Å². The number of hydrogen-bond donors (Lipinski definition) is 4. The predicted octanol–water partition coefficient (Wildman–Crippen LogP) is 1.18. The van der Waals surface area contributed by atoms with E-state index in [1.807, 2.05) is 36.4 Å². The number of hydrazine groups is 1. The first-order valence-electron chi connectivity index (χ1n) is 8.90. The molecule has 0 radical (unpaired) electrons. The van der Waals surface area contributed by atoms with Crippen LogP contribution in [-0.4, -0.2) is 29.4 Å². The van der Waals surface area contributed by atoms with Crippen molar-refractivity contribution in [3.05, 3.63) is 66.2 Å². The highest BCUT2D eigenvalue weighted by atomic mass is 32.1. The van der Waals surface area contributed by atoms with Crippen molar-refractivity contribution < 1.29 is 19.1 Å². The molecule has 0 aliphatic carbocycles. The molecule has 0 unspecified atom stereocenters. The Kier molecular flexibility index (Phi) is 9.10. The summed E-state index contributed by atoms with van der Waals surface area (Å²) in [6.45, 7) is 0.183. The average molecular weight is 414 g/mol. The number of nitrogens with one attached hydrogen (secondary N) is 4. The first kappa shape index (κ1) is 21.8. The van der Waals surface area contributed by atoms with E-state index in [9.17, 15) is 14.4 Å². The highest BCUT2D eigenvalue weighted by Crippen LogP contribution is 2.07. The maximum absolute atomic E-state index is 11.8. The van der Waals surface area contributed by atoms with Crippen LogP contribution in [0.3, 0.4) is 0 Å². The molecular formula is C20H22N4O4S. The third-order valence-corrected chi connectivity index (χ3v) is 3.80. The summed E-state index contributed by atoms with van der Waals surface area (Å²) in [4.78, 5) is 35.3. The van der Waals surface area contributed by atoms with Gasteiger partial charge in [-0.3, -0.25) is 30.6 Å². The minimum absolute atomic E-state index is 0.0265.